The second-order valence-corrected chi connectivity index (χ2v) is 8.36. The summed E-state index contributed by atoms with van der Waals surface area (Å²) in [4.78, 5) is 12.4. The van der Waals surface area contributed by atoms with Crippen LogP contribution in [0.5, 0.6) is 0 Å². The molecule has 1 fully saturated rings. The highest BCUT2D eigenvalue weighted by Gasteiger charge is 2.50. The van der Waals surface area contributed by atoms with Crippen molar-refractivity contribution < 1.29 is 29.2 Å². The predicted octanol–water partition coefficient (Wildman–Crippen LogP) is -3.43. The van der Waals surface area contributed by atoms with Gasteiger partial charge in [0.2, 0.25) is 12.2 Å². The molecule has 1 saturated carbocycles. The Kier molecular flexibility index (Phi) is 10.7. The third-order valence-electron chi connectivity index (χ3n) is 5.97. The second kappa shape index (κ2) is 12.8. The number of hydrogen-bond acceptors (Lipinski definition) is 11. The number of nitrogens with two attached hydrogens (primary N) is 4. The number of carbonyl (C=O) groups excluding carboxylic acids is 1. The molecule has 0 unspecified atom stereocenters. The van der Waals surface area contributed by atoms with Crippen LogP contribution in [0.2, 0.25) is 0 Å². The monoisotopic (exact) mass is 460 g/mol. The molecule has 9 atom stereocenters. The van der Waals surface area contributed by atoms with E-state index in [1.807, 2.05) is 0 Å². The first-order valence-corrected chi connectivity index (χ1v) is 11.0. The molecule has 2 aliphatic rings. The number of nitrogens with one attached hydrogen (secondary N) is 2. The van der Waals surface area contributed by atoms with Crippen molar-refractivity contribution in [2.24, 2.45) is 22.9 Å². The largest absolute Gasteiger partial charge is 0.468 e. The van der Waals surface area contributed by atoms with E-state index in [9.17, 15) is 15.0 Å². The van der Waals surface area contributed by atoms with Gasteiger partial charge in [-0.2, -0.15) is 0 Å². The molecule has 1 amide bonds. The number of rotatable bonds is 11. The maximum Gasteiger partial charge on any atom is 0.222 e. The van der Waals surface area contributed by atoms with Gasteiger partial charge in [0.1, 0.15) is 18.0 Å². The SMILES string of the molecule is CN[C@H]1[C@@H](O)[C@H](O[C@@H]2C[C@H](NC(=O)C[C@@H](N)CCCN)C=C(CN)O2)[C@@H](N)[C@H](O)[C@H]1OC. The van der Waals surface area contributed by atoms with Crippen molar-refractivity contribution in [1.82, 2.24) is 10.6 Å². The molecule has 1 aliphatic carbocycles. The highest BCUT2D eigenvalue weighted by Crippen LogP contribution is 2.28. The highest BCUT2D eigenvalue weighted by atomic mass is 16.7. The van der Waals surface area contributed by atoms with Crippen molar-refractivity contribution >= 4 is 5.91 Å². The van der Waals surface area contributed by atoms with Crippen molar-refractivity contribution in [3.63, 3.8) is 0 Å². The van der Waals surface area contributed by atoms with Crippen LogP contribution >= 0.6 is 0 Å². The van der Waals surface area contributed by atoms with Crippen LogP contribution in [0.3, 0.4) is 0 Å². The molecule has 0 aromatic carbocycles. The van der Waals surface area contributed by atoms with Crippen LogP contribution in [0.4, 0.5) is 0 Å². The van der Waals surface area contributed by atoms with E-state index in [0.29, 0.717) is 18.7 Å². The van der Waals surface area contributed by atoms with E-state index >= 15 is 0 Å². The highest BCUT2D eigenvalue weighted by molar-refractivity contribution is 5.77. The summed E-state index contributed by atoms with van der Waals surface area (Å²) >= 11 is 0. The lowest BCUT2D eigenvalue weighted by molar-refractivity contribution is -0.227. The van der Waals surface area contributed by atoms with Crippen LogP contribution in [0.15, 0.2) is 11.8 Å². The Labute approximate surface area is 189 Å². The molecule has 0 saturated heterocycles. The molecular weight excluding hydrogens is 420 g/mol. The van der Waals surface area contributed by atoms with Gasteiger partial charge in [0.15, 0.2) is 0 Å². The van der Waals surface area contributed by atoms with E-state index < -0.39 is 48.8 Å². The fourth-order valence-electron chi connectivity index (χ4n) is 4.26. The van der Waals surface area contributed by atoms with E-state index in [1.54, 1.807) is 13.1 Å². The molecule has 186 valence electrons. The molecule has 2 rings (SSSR count). The van der Waals surface area contributed by atoms with Gasteiger partial charge in [0.05, 0.1) is 36.9 Å². The number of ether oxygens (including phenoxy) is 3. The van der Waals surface area contributed by atoms with Crippen molar-refractivity contribution in [2.75, 3.05) is 27.2 Å². The van der Waals surface area contributed by atoms with E-state index in [0.717, 1.165) is 6.42 Å². The van der Waals surface area contributed by atoms with Gasteiger partial charge in [-0.3, -0.25) is 4.79 Å². The lowest BCUT2D eigenvalue weighted by atomic mass is 9.81. The lowest BCUT2D eigenvalue weighted by Gasteiger charge is -2.46. The summed E-state index contributed by atoms with van der Waals surface area (Å²) in [5.41, 5.74) is 23.4. The van der Waals surface area contributed by atoms with Gasteiger partial charge >= 0.3 is 0 Å². The molecule has 0 aromatic heterocycles. The number of aliphatic hydroxyl groups is 2. The number of hydrogen-bond donors (Lipinski definition) is 8. The third-order valence-corrected chi connectivity index (χ3v) is 5.97. The summed E-state index contributed by atoms with van der Waals surface area (Å²) in [7, 11) is 3.09. The summed E-state index contributed by atoms with van der Waals surface area (Å²) in [5, 5.41) is 27.2. The average molecular weight is 461 g/mol. The minimum atomic E-state index is -1.07. The quantitative estimate of drug-likeness (QED) is 0.152. The predicted molar refractivity (Wildman–Crippen MR) is 118 cm³/mol. The Hall–Kier alpha value is -1.35. The molecule has 1 aliphatic heterocycles. The van der Waals surface area contributed by atoms with Crippen LogP contribution in [-0.4, -0.2) is 98.2 Å². The Balaban J connectivity index is 2.03. The third kappa shape index (κ3) is 6.83. The van der Waals surface area contributed by atoms with E-state index in [4.69, 9.17) is 37.1 Å². The van der Waals surface area contributed by atoms with Crippen molar-refractivity contribution in [3.05, 3.63) is 11.8 Å². The Bertz CT molecular complexity index is 625. The molecule has 12 heteroatoms. The van der Waals surface area contributed by atoms with Gasteiger partial charge in [-0.15, -0.1) is 0 Å². The zero-order valence-electron chi connectivity index (χ0n) is 18.9. The minimum absolute atomic E-state index is 0.106. The first-order chi connectivity index (χ1) is 15.2. The topological polar surface area (TPSA) is 213 Å². The molecule has 0 aromatic rings. The van der Waals surface area contributed by atoms with Gasteiger partial charge in [-0.1, -0.05) is 0 Å². The molecule has 0 radical (unpaired) electrons. The molecule has 1 heterocycles. The van der Waals surface area contributed by atoms with Crippen molar-refractivity contribution in [3.8, 4) is 0 Å². The fraction of sp³-hybridized carbons (Fsp3) is 0.850. The van der Waals surface area contributed by atoms with Crippen LogP contribution in [0.25, 0.3) is 0 Å². The zero-order chi connectivity index (χ0) is 23.8. The van der Waals surface area contributed by atoms with Gasteiger partial charge in [-0.05, 0) is 32.5 Å². The van der Waals surface area contributed by atoms with Crippen LogP contribution in [-0.2, 0) is 19.0 Å². The summed E-state index contributed by atoms with van der Waals surface area (Å²) in [6, 6.07) is -2.18. The Morgan fingerprint density at radius 1 is 1.31 bits per heavy atom. The molecule has 0 spiro atoms. The number of likely N-dealkylation sites (N-methyl/N-ethyl adjacent to an activating group) is 1. The van der Waals surface area contributed by atoms with Crippen LogP contribution in [0, 0.1) is 0 Å². The number of carbonyl (C=O) groups is 1. The van der Waals surface area contributed by atoms with Crippen molar-refractivity contribution in [1.29, 1.82) is 0 Å². The lowest BCUT2D eigenvalue weighted by Crippen LogP contribution is -2.71. The first kappa shape index (κ1) is 26.9. The van der Waals surface area contributed by atoms with Gasteiger partial charge < -0.3 is 58.0 Å². The molecular formula is C20H40N6O6. The molecule has 0 bridgehead atoms. The van der Waals surface area contributed by atoms with Gasteiger partial charge in [0, 0.05) is 26.0 Å². The van der Waals surface area contributed by atoms with E-state index in [1.165, 1.54) is 7.11 Å². The number of methoxy groups -OCH3 is 1. The smallest absolute Gasteiger partial charge is 0.222 e. The van der Waals surface area contributed by atoms with E-state index in [2.05, 4.69) is 10.6 Å². The average Bonchev–Trinajstić information content (AvgIpc) is 2.77. The summed E-state index contributed by atoms with van der Waals surface area (Å²) in [6.45, 7) is 0.634. The van der Waals surface area contributed by atoms with E-state index in [-0.39, 0.29) is 31.3 Å². The molecule has 12 N–H and O–H groups in total. The summed E-state index contributed by atoms with van der Waals surface area (Å²) in [6.07, 6.45) is -0.987. The maximum absolute atomic E-state index is 12.4. The Morgan fingerprint density at radius 3 is 2.62 bits per heavy atom. The minimum Gasteiger partial charge on any atom is -0.468 e. The number of aliphatic hydroxyl groups excluding tert-OH is 2. The maximum atomic E-state index is 12.4. The fourth-order valence-corrected chi connectivity index (χ4v) is 4.26. The van der Waals surface area contributed by atoms with Gasteiger partial charge in [0.25, 0.3) is 0 Å². The molecule has 32 heavy (non-hydrogen) atoms. The summed E-state index contributed by atoms with van der Waals surface area (Å²) in [5.74, 6) is 0.245. The van der Waals surface area contributed by atoms with Crippen LogP contribution < -0.4 is 33.6 Å². The van der Waals surface area contributed by atoms with Crippen molar-refractivity contribution in [2.45, 2.75) is 80.6 Å². The Morgan fingerprint density at radius 2 is 2.03 bits per heavy atom. The summed E-state index contributed by atoms with van der Waals surface area (Å²) < 4.78 is 17.1. The second-order valence-electron chi connectivity index (χ2n) is 8.36. The number of amides is 1. The normalized spacial score (nSPS) is 36.2. The molecule has 12 nitrogen and oxygen atoms in total. The van der Waals surface area contributed by atoms with Gasteiger partial charge in [-0.25, -0.2) is 0 Å². The standard InChI is InChI=1S/C20H40N6O6/c1-25-16-18(29)19(15(24)17(28)20(16)30-2)32-14-8-11(7-12(9-22)31-14)26-13(27)6-10(23)4-3-5-21/h7,10-11,14-20,25,28-29H,3-6,8-9,21-24H2,1-2H3,(H,26,27)/t10-,11+,14+,15-,16-,17-,18+,19+,20-/m0/s1. The van der Waals surface area contributed by atoms with Crippen LogP contribution in [0.1, 0.15) is 25.7 Å². The first-order valence-electron chi connectivity index (χ1n) is 11.0. The zero-order valence-corrected chi connectivity index (χ0v) is 18.9.